The molecule has 5 nitrogen and oxygen atoms in total. The standard InChI is InChI=1S/C19H14BrNO4S2/c1-24-17(22)11-25-15-8-7-12(9-14(15)20)10-16-18(23)21(19(26)27-16)13-5-3-2-4-6-13/h2-10H,11H2,1H3/b16-10+. The molecule has 27 heavy (non-hydrogen) atoms. The van der Waals surface area contributed by atoms with Crippen molar-refractivity contribution >= 4 is 67.9 Å². The molecule has 0 bridgehead atoms. The Kier molecular flexibility index (Phi) is 6.30. The van der Waals surface area contributed by atoms with E-state index in [1.165, 1.54) is 23.8 Å². The SMILES string of the molecule is COC(=O)COc1ccc(/C=C2/SC(=S)N(c3ccccc3)C2=O)cc1Br. The van der Waals surface area contributed by atoms with Crippen molar-refractivity contribution in [1.82, 2.24) is 0 Å². The number of hydrogen-bond donors (Lipinski definition) is 0. The van der Waals surface area contributed by atoms with Crippen LogP contribution in [0.2, 0.25) is 0 Å². The summed E-state index contributed by atoms with van der Waals surface area (Å²) in [6.07, 6.45) is 1.77. The summed E-state index contributed by atoms with van der Waals surface area (Å²) in [5.41, 5.74) is 1.55. The fraction of sp³-hybridized carbons (Fsp3) is 0.105. The molecule has 1 saturated heterocycles. The molecule has 2 aromatic rings. The van der Waals surface area contributed by atoms with Crippen LogP contribution < -0.4 is 9.64 Å². The van der Waals surface area contributed by atoms with Gasteiger partial charge in [0.1, 0.15) is 5.75 Å². The van der Waals surface area contributed by atoms with E-state index >= 15 is 0 Å². The predicted molar refractivity (Wildman–Crippen MR) is 114 cm³/mol. The summed E-state index contributed by atoms with van der Waals surface area (Å²) >= 11 is 10.0. The maximum atomic E-state index is 12.7. The van der Waals surface area contributed by atoms with E-state index in [2.05, 4.69) is 20.7 Å². The first-order valence-corrected chi connectivity index (χ1v) is 9.83. The highest BCUT2D eigenvalue weighted by Crippen LogP contribution is 2.36. The number of rotatable bonds is 5. The zero-order valence-electron chi connectivity index (χ0n) is 14.2. The van der Waals surface area contributed by atoms with Crippen molar-refractivity contribution in [3.05, 3.63) is 63.5 Å². The number of thioether (sulfide) groups is 1. The van der Waals surface area contributed by atoms with Gasteiger partial charge in [0.25, 0.3) is 5.91 Å². The van der Waals surface area contributed by atoms with Crippen LogP contribution >= 0.6 is 39.9 Å². The van der Waals surface area contributed by atoms with Crippen molar-refractivity contribution in [1.29, 1.82) is 0 Å². The lowest BCUT2D eigenvalue weighted by molar-refractivity contribution is -0.142. The van der Waals surface area contributed by atoms with Crippen LogP contribution in [0.3, 0.4) is 0 Å². The Bertz CT molecular complexity index is 931. The Morgan fingerprint density at radius 1 is 1.26 bits per heavy atom. The molecule has 0 unspecified atom stereocenters. The lowest BCUT2D eigenvalue weighted by Gasteiger charge is -2.13. The van der Waals surface area contributed by atoms with Crippen molar-refractivity contribution in [2.24, 2.45) is 0 Å². The maximum Gasteiger partial charge on any atom is 0.343 e. The lowest BCUT2D eigenvalue weighted by Crippen LogP contribution is -2.27. The molecule has 0 N–H and O–H groups in total. The summed E-state index contributed by atoms with van der Waals surface area (Å²) in [4.78, 5) is 26.0. The van der Waals surface area contributed by atoms with E-state index in [-0.39, 0.29) is 12.5 Å². The number of esters is 1. The number of methoxy groups -OCH3 is 1. The second-order valence-electron chi connectivity index (χ2n) is 5.41. The minimum atomic E-state index is -0.462. The van der Waals surface area contributed by atoms with E-state index in [1.54, 1.807) is 18.2 Å². The first kappa shape index (κ1) is 19.6. The molecule has 0 aliphatic carbocycles. The van der Waals surface area contributed by atoms with E-state index in [9.17, 15) is 9.59 Å². The highest BCUT2D eigenvalue weighted by molar-refractivity contribution is 9.10. The second-order valence-corrected chi connectivity index (χ2v) is 7.94. The number of carbonyl (C=O) groups is 2. The van der Waals surface area contributed by atoms with E-state index in [4.69, 9.17) is 17.0 Å². The Hall–Kier alpha value is -2.16. The van der Waals surface area contributed by atoms with Crippen molar-refractivity contribution in [2.45, 2.75) is 0 Å². The van der Waals surface area contributed by atoms with Gasteiger partial charge in [-0.05, 0) is 51.8 Å². The molecule has 138 valence electrons. The Labute approximate surface area is 174 Å². The number of carbonyl (C=O) groups excluding carboxylic acids is 2. The Morgan fingerprint density at radius 2 is 2.00 bits per heavy atom. The molecule has 0 radical (unpaired) electrons. The number of thiocarbonyl (C=S) groups is 1. The van der Waals surface area contributed by atoms with Crippen LogP contribution in [-0.2, 0) is 14.3 Å². The van der Waals surface area contributed by atoms with Crippen LogP contribution in [0.1, 0.15) is 5.56 Å². The zero-order valence-corrected chi connectivity index (χ0v) is 17.4. The molecular formula is C19H14BrNO4S2. The number of halogens is 1. The molecule has 1 aliphatic rings. The minimum absolute atomic E-state index is 0.154. The summed E-state index contributed by atoms with van der Waals surface area (Å²) < 4.78 is 11.1. The van der Waals surface area contributed by atoms with Gasteiger partial charge in [-0.1, -0.05) is 48.2 Å². The van der Waals surface area contributed by atoms with Crippen LogP contribution in [0.25, 0.3) is 6.08 Å². The molecule has 0 atom stereocenters. The van der Waals surface area contributed by atoms with Gasteiger partial charge in [-0.25, -0.2) is 4.79 Å². The second kappa shape index (κ2) is 8.69. The average molecular weight is 464 g/mol. The third-order valence-corrected chi connectivity index (χ3v) is 5.56. The Balaban J connectivity index is 1.79. The monoisotopic (exact) mass is 463 g/mol. The summed E-state index contributed by atoms with van der Waals surface area (Å²) in [7, 11) is 1.30. The van der Waals surface area contributed by atoms with Crippen molar-refractivity contribution in [2.75, 3.05) is 18.6 Å². The van der Waals surface area contributed by atoms with Gasteiger partial charge in [-0.2, -0.15) is 0 Å². The average Bonchev–Trinajstić information content (AvgIpc) is 2.94. The lowest BCUT2D eigenvalue weighted by atomic mass is 10.2. The number of nitrogens with zero attached hydrogens (tertiary/aromatic N) is 1. The molecule has 8 heteroatoms. The molecule has 0 saturated carbocycles. The highest BCUT2D eigenvalue weighted by Gasteiger charge is 2.33. The van der Waals surface area contributed by atoms with Gasteiger partial charge in [0.2, 0.25) is 0 Å². The third kappa shape index (κ3) is 4.58. The van der Waals surface area contributed by atoms with E-state index < -0.39 is 5.97 Å². The molecule has 1 amide bonds. The third-order valence-electron chi connectivity index (χ3n) is 3.64. The predicted octanol–water partition coefficient (Wildman–Crippen LogP) is 4.41. The van der Waals surface area contributed by atoms with Crippen LogP contribution in [0.5, 0.6) is 5.75 Å². The number of anilines is 1. The van der Waals surface area contributed by atoms with E-state index in [0.717, 1.165) is 11.3 Å². The van der Waals surface area contributed by atoms with E-state index in [0.29, 0.717) is 19.4 Å². The zero-order chi connectivity index (χ0) is 19.4. The summed E-state index contributed by atoms with van der Waals surface area (Å²) in [6, 6.07) is 14.6. The van der Waals surface area contributed by atoms with Gasteiger partial charge in [-0.15, -0.1) is 0 Å². The quantitative estimate of drug-likeness (QED) is 0.371. The van der Waals surface area contributed by atoms with Crippen LogP contribution in [-0.4, -0.2) is 29.9 Å². The number of hydrogen-bond acceptors (Lipinski definition) is 6. The van der Waals surface area contributed by atoms with Gasteiger partial charge in [0, 0.05) is 0 Å². The summed E-state index contributed by atoms with van der Waals surface area (Å²) in [5.74, 6) is -0.108. The minimum Gasteiger partial charge on any atom is -0.481 e. The number of ether oxygens (including phenoxy) is 2. The first-order valence-electron chi connectivity index (χ1n) is 7.82. The number of para-hydroxylation sites is 1. The molecule has 1 fully saturated rings. The maximum absolute atomic E-state index is 12.7. The highest BCUT2D eigenvalue weighted by atomic mass is 79.9. The number of amides is 1. The van der Waals surface area contributed by atoms with Crippen LogP contribution in [0.15, 0.2) is 57.9 Å². The van der Waals surface area contributed by atoms with Crippen LogP contribution in [0.4, 0.5) is 5.69 Å². The van der Waals surface area contributed by atoms with Crippen LogP contribution in [0, 0.1) is 0 Å². The molecule has 3 rings (SSSR count). The van der Waals surface area contributed by atoms with Gasteiger partial charge >= 0.3 is 5.97 Å². The fourth-order valence-corrected chi connectivity index (χ4v) is 4.15. The molecule has 0 spiro atoms. The van der Waals surface area contributed by atoms with E-state index in [1.807, 2.05) is 36.4 Å². The van der Waals surface area contributed by atoms with Crippen molar-refractivity contribution in [3.8, 4) is 5.75 Å². The topological polar surface area (TPSA) is 55.8 Å². The smallest absolute Gasteiger partial charge is 0.343 e. The van der Waals surface area contributed by atoms with Gasteiger partial charge in [0.15, 0.2) is 10.9 Å². The molecule has 1 aliphatic heterocycles. The molecular weight excluding hydrogens is 450 g/mol. The van der Waals surface area contributed by atoms with Gasteiger partial charge in [0.05, 0.1) is 22.2 Å². The largest absolute Gasteiger partial charge is 0.481 e. The van der Waals surface area contributed by atoms with Crippen molar-refractivity contribution < 1.29 is 19.1 Å². The normalized spacial score (nSPS) is 15.3. The first-order chi connectivity index (χ1) is 13.0. The van der Waals surface area contributed by atoms with Crippen molar-refractivity contribution in [3.63, 3.8) is 0 Å². The van der Waals surface area contributed by atoms with Gasteiger partial charge in [-0.3, -0.25) is 9.69 Å². The molecule has 0 aromatic heterocycles. The number of benzene rings is 2. The summed E-state index contributed by atoms with van der Waals surface area (Å²) in [5, 5.41) is 0. The molecule has 1 heterocycles. The molecule has 2 aromatic carbocycles. The van der Waals surface area contributed by atoms with Gasteiger partial charge < -0.3 is 9.47 Å². The Morgan fingerprint density at radius 3 is 2.67 bits per heavy atom. The summed E-state index contributed by atoms with van der Waals surface area (Å²) in [6.45, 7) is -0.176. The fourth-order valence-electron chi connectivity index (χ4n) is 2.34.